The van der Waals surface area contributed by atoms with Gasteiger partial charge in [-0.3, -0.25) is 4.79 Å². The highest BCUT2D eigenvalue weighted by Gasteiger charge is 2.39. The molecule has 1 atom stereocenters. The van der Waals surface area contributed by atoms with Gasteiger partial charge in [-0.25, -0.2) is 13.2 Å². The van der Waals surface area contributed by atoms with E-state index in [4.69, 9.17) is 8.83 Å². The minimum atomic E-state index is -3.15. The Morgan fingerprint density at radius 3 is 2.59 bits per heavy atom. The molecule has 1 aromatic carbocycles. The van der Waals surface area contributed by atoms with E-state index in [9.17, 15) is 18.0 Å². The number of carbonyl (C=O) groups is 1. The number of hydrogen-bond donors (Lipinski definition) is 1. The Balaban J connectivity index is 1.75. The highest BCUT2D eigenvalue weighted by molar-refractivity contribution is 7.91. The molecule has 2 aromatic heterocycles. The van der Waals surface area contributed by atoms with Crippen LogP contribution >= 0.6 is 0 Å². The van der Waals surface area contributed by atoms with Crippen molar-refractivity contribution >= 4 is 37.7 Å². The normalized spacial score (nSPS) is 21.1. The maximum Gasteiger partial charge on any atom is 0.340 e. The van der Waals surface area contributed by atoms with Gasteiger partial charge in [0.15, 0.2) is 9.84 Å². The van der Waals surface area contributed by atoms with Crippen LogP contribution in [0.3, 0.4) is 0 Å². The van der Waals surface area contributed by atoms with Crippen LogP contribution in [-0.4, -0.2) is 31.4 Å². The van der Waals surface area contributed by atoms with Gasteiger partial charge in [0.1, 0.15) is 11.2 Å². The molecule has 8 heteroatoms. The van der Waals surface area contributed by atoms with Gasteiger partial charge in [0.2, 0.25) is 5.91 Å². The van der Waals surface area contributed by atoms with E-state index in [1.807, 2.05) is 19.9 Å². The summed E-state index contributed by atoms with van der Waals surface area (Å²) in [4.78, 5) is 25.2. The zero-order valence-electron chi connectivity index (χ0n) is 16.8. The molecule has 154 valence electrons. The first-order chi connectivity index (χ1) is 13.5. The number of nitrogens with one attached hydrogen (secondary N) is 1. The zero-order valence-corrected chi connectivity index (χ0v) is 17.7. The van der Waals surface area contributed by atoms with Crippen LogP contribution < -0.4 is 10.9 Å². The topological polar surface area (TPSA) is 107 Å². The van der Waals surface area contributed by atoms with Crippen LogP contribution in [0, 0.1) is 20.8 Å². The van der Waals surface area contributed by atoms with Crippen molar-refractivity contribution in [3.05, 3.63) is 45.0 Å². The predicted molar refractivity (Wildman–Crippen MR) is 110 cm³/mol. The van der Waals surface area contributed by atoms with Crippen LogP contribution in [0.1, 0.15) is 35.6 Å². The van der Waals surface area contributed by atoms with Gasteiger partial charge >= 0.3 is 5.63 Å². The molecule has 1 fully saturated rings. The van der Waals surface area contributed by atoms with E-state index in [0.717, 1.165) is 16.5 Å². The number of hydrogen-bond acceptors (Lipinski definition) is 6. The minimum absolute atomic E-state index is 0.0517. The van der Waals surface area contributed by atoms with Gasteiger partial charge in [0.25, 0.3) is 0 Å². The van der Waals surface area contributed by atoms with Gasteiger partial charge in [-0.1, -0.05) is 0 Å². The predicted octanol–water partition coefficient (Wildman–Crippen LogP) is 2.70. The molecule has 0 bridgehead atoms. The lowest BCUT2D eigenvalue weighted by Gasteiger charge is -2.24. The number of rotatable bonds is 3. The number of carbonyl (C=O) groups excluding carboxylic acids is 1. The summed E-state index contributed by atoms with van der Waals surface area (Å²) in [6.45, 7) is 7.36. The Hall–Kier alpha value is -2.61. The highest BCUT2D eigenvalue weighted by Crippen LogP contribution is 2.34. The molecule has 0 saturated carbocycles. The van der Waals surface area contributed by atoms with Gasteiger partial charge in [-0.15, -0.1) is 0 Å². The summed E-state index contributed by atoms with van der Waals surface area (Å²) in [5.74, 6) is -0.447. The number of sulfone groups is 1. The Labute approximate surface area is 168 Å². The molecule has 0 spiro atoms. The van der Waals surface area contributed by atoms with E-state index in [-0.39, 0.29) is 23.5 Å². The third kappa shape index (κ3) is 3.35. The van der Waals surface area contributed by atoms with Gasteiger partial charge in [-0.05, 0) is 56.9 Å². The van der Waals surface area contributed by atoms with E-state index in [0.29, 0.717) is 28.5 Å². The van der Waals surface area contributed by atoms with Crippen molar-refractivity contribution in [2.24, 2.45) is 0 Å². The quantitative estimate of drug-likeness (QED) is 0.657. The molecule has 1 aliphatic heterocycles. The van der Waals surface area contributed by atoms with Crippen LogP contribution in [0.2, 0.25) is 0 Å². The number of benzene rings is 1. The number of fused-ring (bicyclic) bond motifs is 3. The lowest BCUT2D eigenvalue weighted by Crippen LogP contribution is -2.47. The fourth-order valence-electron chi connectivity index (χ4n) is 4.33. The first-order valence-corrected chi connectivity index (χ1v) is 11.3. The fourth-order valence-corrected chi connectivity index (χ4v) is 6.42. The summed E-state index contributed by atoms with van der Waals surface area (Å²) >= 11 is 0. The van der Waals surface area contributed by atoms with Gasteiger partial charge in [-0.2, -0.15) is 0 Å². The largest absolute Gasteiger partial charge is 0.463 e. The molecule has 1 amide bonds. The van der Waals surface area contributed by atoms with Crippen molar-refractivity contribution in [1.82, 2.24) is 5.32 Å². The molecule has 7 nitrogen and oxygen atoms in total. The Morgan fingerprint density at radius 1 is 1.21 bits per heavy atom. The maximum absolute atomic E-state index is 12.6. The van der Waals surface area contributed by atoms with Gasteiger partial charge in [0.05, 0.1) is 40.7 Å². The smallest absolute Gasteiger partial charge is 0.340 e. The van der Waals surface area contributed by atoms with Crippen LogP contribution in [0.25, 0.3) is 21.9 Å². The summed E-state index contributed by atoms with van der Waals surface area (Å²) in [6.07, 6.45) is 1.84. The molecule has 1 N–H and O–H groups in total. The second-order valence-electron chi connectivity index (χ2n) is 8.31. The molecule has 3 heterocycles. The van der Waals surface area contributed by atoms with Crippen LogP contribution in [0.15, 0.2) is 26.0 Å². The first-order valence-electron chi connectivity index (χ1n) is 9.45. The molecule has 4 rings (SSSR count). The molecule has 0 aliphatic carbocycles. The van der Waals surface area contributed by atoms with Gasteiger partial charge < -0.3 is 14.2 Å². The molecule has 3 aromatic rings. The van der Waals surface area contributed by atoms with E-state index in [2.05, 4.69) is 5.32 Å². The SMILES string of the molecule is Cc1coc2c1c(C)cc1oc(=O)c(CC(=O)N[C@@]3(C)CCS(=O)(=O)C3)c(C)c12. The van der Waals surface area contributed by atoms with Crippen LogP contribution in [-0.2, 0) is 21.1 Å². The molecule has 0 radical (unpaired) electrons. The second-order valence-corrected chi connectivity index (χ2v) is 10.5. The van der Waals surface area contributed by atoms with Crippen molar-refractivity contribution < 1.29 is 22.0 Å². The summed E-state index contributed by atoms with van der Waals surface area (Å²) < 4.78 is 34.8. The number of furan rings is 1. The number of amides is 1. The zero-order chi connectivity index (χ0) is 21.1. The van der Waals surface area contributed by atoms with E-state index in [1.165, 1.54) is 0 Å². The minimum Gasteiger partial charge on any atom is -0.463 e. The molecule has 1 aliphatic rings. The van der Waals surface area contributed by atoms with Gasteiger partial charge in [0, 0.05) is 5.39 Å². The summed E-state index contributed by atoms with van der Waals surface area (Å²) in [7, 11) is -3.15. The summed E-state index contributed by atoms with van der Waals surface area (Å²) in [5, 5.41) is 4.43. The van der Waals surface area contributed by atoms with Crippen molar-refractivity contribution in [1.29, 1.82) is 0 Å². The monoisotopic (exact) mass is 417 g/mol. The Morgan fingerprint density at radius 2 is 1.93 bits per heavy atom. The summed E-state index contributed by atoms with van der Waals surface area (Å²) in [5.41, 5.74) is 2.48. The average molecular weight is 417 g/mol. The van der Waals surface area contributed by atoms with Crippen molar-refractivity contribution in [2.45, 2.75) is 46.1 Å². The summed E-state index contributed by atoms with van der Waals surface area (Å²) in [6, 6.07) is 1.81. The van der Waals surface area contributed by atoms with Crippen molar-refractivity contribution in [2.75, 3.05) is 11.5 Å². The second kappa shape index (κ2) is 6.45. The third-order valence-corrected chi connectivity index (χ3v) is 7.65. The molecular formula is C21H23NO6S. The van der Waals surface area contributed by atoms with Crippen molar-refractivity contribution in [3.63, 3.8) is 0 Å². The van der Waals surface area contributed by atoms with E-state index in [1.54, 1.807) is 20.1 Å². The Bertz CT molecular complexity index is 1330. The lowest BCUT2D eigenvalue weighted by atomic mass is 9.97. The Kier molecular flexibility index (Phi) is 4.38. The van der Waals surface area contributed by atoms with E-state index < -0.39 is 26.9 Å². The molecule has 29 heavy (non-hydrogen) atoms. The molecule has 0 unspecified atom stereocenters. The average Bonchev–Trinajstić information content (AvgIpc) is 3.11. The van der Waals surface area contributed by atoms with Crippen LogP contribution in [0.5, 0.6) is 0 Å². The third-order valence-electron chi connectivity index (χ3n) is 5.75. The first kappa shape index (κ1) is 19.7. The van der Waals surface area contributed by atoms with Crippen molar-refractivity contribution in [3.8, 4) is 0 Å². The maximum atomic E-state index is 12.6. The fraction of sp³-hybridized carbons (Fsp3) is 0.429. The standard InChI is InChI=1S/C21H23NO6S/c1-11-7-15-18(19-17(11)12(2)9-27-19)13(3)14(20(24)28-15)8-16(23)22-21(4)5-6-29(25,26)10-21/h7,9H,5-6,8,10H2,1-4H3,(H,22,23)/t21-/m0/s1. The van der Waals surface area contributed by atoms with Crippen LogP contribution in [0.4, 0.5) is 0 Å². The highest BCUT2D eigenvalue weighted by atomic mass is 32.2. The number of aryl methyl sites for hydroxylation is 3. The van der Waals surface area contributed by atoms with E-state index >= 15 is 0 Å². The lowest BCUT2D eigenvalue weighted by molar-refractivity contribution is -0.122. The molecule has 1 saturated heterocycles. The molecular weight excluding hydrogens is 394 g/mol.